The van der Waals surface area contributed by atoms with Gasteiger partial charge in [0.1, 0.15) is 0 Å². The van der Waals surface area contributed by atoms with Crippen LogP contribution in [-0.4, -0.2) is 6.41 Å². The highest BCUT2D eigenvalue weighted by molar-refractivity contribution is 9.13. The molecule has 1 amide bonds. The van der Waals surface area contributed by atoms with Gasteiger partial charge in [-0.15, -0.1) is 0 Å². The van der Waals surface area contributed by atoms with Gasteiger partial charge in [-0.1, -0.05) is 0 Å². The van der Waals surface area contributed by atoms with E-state index < -0.39 is 0 Å². The molecule has 1 radical (unpaired) electrons. The molecule has 0 unspecified atom stereocenters. The molecule has 0 fully saturated rings. The van der Waals surface area contributed by atoms with Crippen molar-refractivity contribution in [2.24, 2.45) is 0 Å². The quantitative estimate of drug-likeness (QED) is 0.828. The Morgan fingerprint density at radius 3 is 2.55 bits per heavy atom. The van der Waals surface area contributed by atoms with Crippen LogP contribution in [0.1, 0.15) is 0 Å². The van der Waals surface area contributed by atoms with Crippen molar-refractivity contribution in [3.63, 3.8) is 0 Å². The lowest BCUT2D eigenvalue weighted by Crippen LogP contribution is -1.92. The van der Waals surface area contributed by atoms with Gasteiger partial charge < -0.3 is 5.32 Å². The van der Waals surface area contributed by atoms with E-state index in [2.05, 4.69) is 37.2 Å². The molecule has 0 aromatic heterocycles. The predicted molar refractivity (Wildman–Crippen MR) is 51.2 cm³/mol. The van der Waals surface area contributed by atoms with Gasteiger partial charge in [0.25, 0.3) is 0 Å². The molecule has 1 aromatic carbocycles. The maximum atomic E-state index is 9.91. The molecule has 0 spiro atoms. The topological polar surface area (TPSA) is 29.1 Å². The molecule has 0 saturated heterocycles. The third kappa shape index (κ3) is 2.31. The van der Waals surface area contributed by atoms with Crippen LogP contribution in [0.5, 0.6) is 0 Å². The Morgan fingerprint density at radius 2 is 2.00 bits per heavy atom. The largest absolute Gasteiger partial charge is 0.318 e. The van der Waals surface area contributed by atoms with Crippen molar-refractivity contribution < 1.29 is 4.79 Å². The van der Waals surface area contributed by atoms with Crippen molar-refractivity contribution in [2.75, 3.05) is 5.32 Å². The smallest absolute Gasteiger partial charge is 0.314 e. The van der Waals surface area contributed by atoms with Crippen molar-refractivity contribution in [3.05, 3.63) is 27.1 Å². The minimum Gasteiger partial charge on any atom is -0.318 e. The van der Waals surface area contributed by atoms with Gasteiger partial charge >= 0.3 is 6.41 Å². The number of anilines is 1. The highest BCUT2D eigenvalue weighted by atomic mass is 79.9. The summed E-state index contributed by atoms with van der Waals surface area (Å²) in [6, 6.07) is 5.40. The summed E-state index contributed by atoms with van der Waals surface area (Å²) in [6.45, 7) is 0. The summed E-state index contributed by atoms with van der Waals surface area (Å²) in [4.78, 5) is 9.91. The molecule has 0 atom stereocenters. The van der Waals surface area contributed by atoms with Crippen LogP contribution in [0.3, 0.4) is 0 Å². The summed E-state index contributed by atoms with van der Waals surface area (Å²) in [5, 5.41) is 2.42. The molecule has 0 aliphatic rings. The summed E-state index contributed by atoms with van der Waals surface area (Å²) in [7, 11) is 0. The zero-order valence-electron chi connectivity index (χ0n) is 5.40. The molecule has 4 heteroatoms. The number of amides is 1. The summed E-state index contributed by atoms with van der Waals surface area (Å²) >= 11 is 6.61. The van der Waals surface area contributed by atoms with Crippen LogP contribution in [0.2, 0.25) is 0 Å². The second-order valence-corrected chi connectivity index (χ2v) is 3.56. The van der Waals surface area contributed by atoms with Crippen molar-refractivity contribution in [1.82, 2.24) is 0 Å². The molecule has 0 heterocycles. The Balaban J connectivity index is 2.95. The summed E-state index contributed by atoms with van der Waals surface area (Å²) in [5.41, 5.74) is 0.718. The molecular weight excluding hydrogens is 274 g/mol. The standard InChI is InChI=1S/C7H4Br2NO/c8-6-2-1-5(10-4-11)3-7(6)9/h1-3H,(H,10,11). The molecular formula is C7H4Br2NO. The normalized spacial score (nSPS) is 9.27. The van der Waals surface area contributed by atoms with Gasteiger partial charge in [0.2, 0.25) is 0 Å². The Kier molecular flexibility index (Phi) is 3.08. The zero-order valence-corrected chi connectivity index (χ0v) is 8.57. The van der Waals surface area contributed by atoms with E-state index in [0.717, 1.165) is 14.6 Å². The van der Waals surface area contributed by atoms with E-state index in [9.17, 15) is 4.79 Å². The average molecular weight is 278 g/mol. The fourth-order valence-electron chi connectivity index (χ4n) is 0.633. The van der Waals surface area contributed by atoms with Crippen LogP contribution >= 0.6 is 31.9 Å². The predicted octanol–water partition coefficient (Wildman–Crippen LogP) is 2.69. The lowest BCUT2D eigenvalue weighted by molar-refractivity contribution is 0.561. The van der Waals surface area contributed by atoms with E-state index >= 15 is 0 Å². The van der Waals surface area contributed by atoms with Gasteiger partial charge in [0, 0.05) is 14.6 Å². The van der Waals surface area contributed by atoms with Gasteiger partial charge in [-0.25, -0.2) is 0 Å². The highest BCUT2D eigenvalue weighted by Crippen LogP contribution is 2.25. The third-order valence-corrected chi connectivity index (χ3v) is 2.99. The number of rotatable bonds is 2. The van der Waals surface area contributed by atoms with E-state index in [0.29, 0.717) is 0 Å². The molecule has 0 saturated carbocycles. The molecule has 1 N–H and O–H groups in total. The molecule has 1 aromatic rings. The lowest BCUT2D eigenvalue weighted by Gasteiger charge is -1.99. The first-order valence-corrected chi connectivity index (χ1v) is 4.41. The van der Waals surface area contributed by atoms with Crippen molar-refractivity contribution in [2.45, 2.75) is 0 Å². The first-order valence-electron chi connectivity index (χ1n) is 2.82. The molecule has 0 aliphatic carbocycles. The first kappa shape index (κ1) is 8.74. The molecule has 0 bridgehead atoms. The summed E-state index contributed by atoms with van der Waals surface area (Å²) in [5.74, 6) is 0. The number of hydrogen-bond acceptors (Lipinski definition) is 1. The Bertz CT molecular complexity index is 275. The first-order chi connectivity index (χ1) is 5.24. The molecule has 2 nitrogen and oxygen atoms in total. The lowest BCUT2D eigenvalue weighted by atomic mass is 10.3. The van der Waals surface area contributed by atoms with Crippen LogP contribution in [0, 0.1) is 0 Å². The molecule has 0 aliphatic heterocycles. The van der Waals surface area contributed by atoms with E-state index in [1.165, 1.54) is 0 Å². The number of hydrogen-bond donors (Lipinski definition) is 1. The number of carbonyl (C=O) groups excluding carboxylic acids is 1. The summed E-state index contributed by atoms with van der Waals surface area (Å²) < 4.78 is 1.85. The van der Waals surface area contributed by atoms with Crippen LogP contribution in [0.25, 0.3) is 0 Å². The van der Waals surface area contributed by atoms with Crippen molar-refractivity contribution in [3.8, 4) is 0 Å². The maximum absolute atomic E-state index is 9.91. The fourth-order valence-corrected chi connectivity index (χ4v) is 1.26. The van der Waals surface area contributed by atoms with Gasteiger partial charge in [0.15, 0.2) is 0 Å². The maximum Gasteiger partial charge on any atom is 0.314 e. The molecule has 11 heavy (non-hydrogen) atoms. The van der Waals surface area contributed by atoms with Crippen molar-refractivity contribution in [1.29, 1.82) is 0 Å². The van der Waals surface area contributed by atoms with Crippen LogP contribution in [0.4, 0.5) is 5.69 Å². The fraction of sp³-hybridized carbons (Fsp3) is 0. The number of halogens is 2. The zero-order chi connectivity index (χ0) is 8.27. The van der Waals surface area contributed by atoms with E-state index in [1.807, 2.05) is 6.07 Å². The van der Waals surface area contributed by atoms with Crippen LogP contribution < -0.4 is 5.32 Å². The van der Waals surface area contributed by atoms with Gasteiger partial charge in [-0.05, 0) is 50.1 Å². The average Bonchev–Trinajstić information content (AvgIpc) is 1.98. The Labute approximate surface area is 81.2 Å². The van der Waals surface area contributed by atoms with Gasteiger partial charge in [0.05, 0.1) is 0 Å². The SMILES string of the molecule is O=[C]Nc1ccc(Br)c(Br)c1. The van der Waals surface area contributed by atoms with Gasteiger partial charge in [-0.3, -0.25) is 4.79 Å². The summed E-state index contributed by atoms with van der Waals surface area (Å²) in [6.07, 6.45) is 1.59. The second kappa shape index (κ2) is 3.88. The number of nitrogens with one attached hydrogen (secondary N) is 1. The third-order valence-electron chi connectivity index (χ3n) is 1.11. The minimum atomic E-state index is 0.718. The van der Waals surface area contributed by atoms with E-state index in [4.69, 9.17) is 0 Å². The second-order valence-electron chi connectivity index (χ2n) is 1.86. The van der Waals surface area contributed by atoms with Gasteiger partial charge in [-0.2, -0.15) is 0 Å². The Morgan fingerprint density at radius 1 is 1.27 bits per heavy atom. The molecule has 1 rings (SSSR count). The Hall–Kier alpha value is -0.350. The van der Waals surface area contributed by atoms with E-state index in [-0.39, 0.29) is 0 Å². The van der Waals surface area contributed by atoms with Crippen LogP contribution in [0.15, 0.2) is 27.1 Å². The molecule has 57 valence electrons. The highest BCUT2D eigenvalue weighted by Gasteiger charge is 1.96. The minimum absolute atomic E-state index is 0.718. The van der Waals surface area contributed by atoms with Crippen LogP contribution in [-0.2, 0) is 4.79 Å². The van der Waals surface area contributed by atoms with Crippen molar-refractivity contribution >= 4 is 44.0 Å². The number of benzene rings is 1. The monoisotopic (exact) mass is 276 g/mol. The van der Waals surface area contributed by atoms with E-state index in [1.54, 1.807) is 18.5 Å².